The molecule has 94 valence electrons. The van der Waals surface area contributed by atoms with E-state index in [1.54, 1.807) is 24.0 Å². The summed E-state index contributed by atoms with van der Waals surface area (Å²) < 4.78 is 6.61. The van der Waals surface area contributed by atoms with Crippen LogP contribution in [0.15, 0.2) is 30.7 Å². The van der Waals surface area contributed by atoms with Crippen molar-refractivity contribution in [2.45, 2.75) is 13.8 Å². The SMILES string of the molecule is CCOC(=O)c1cn(-c2ccc(C)c(Cl)c2)cn1. The number of esters is 1. The molecule has 2 aromatic rings. The highest BCUT2D eigenvalue weighted by Crippen LogP contribution is 2.19. The van der Waals surface area contributed by atoms with Gasteiger partial charge >= 0.3 is 5.97 Å². The molecule has 0 amide bonds. The predicted molar refractivity (Wildman–Crippen MR) is 69.3 cm³/mol. The molecule has 0 aliphatic rings. The Balaban J connectivity index is 2.29. The second-order valence-electron chi connectivity index (χ2n) is 3.82. The van der Waals surface area contributed by atoms with Gasteiger partial charge in [0.15, 0.2) is 5.69 Å². The average Bonchev–Trinajstić information content (AvgIpc) is 2.82. The molecular formula is C13H13ClN2O2. The maximum absolute atomic E-state index is 11.5. The van der Waals surface area contributed by atoms with Crippen LogP contribution in [0.1, 0.15) is 23.0 Å². The van der Waals surface area contributed by atoms with Gasteiger partial charge in [0.1, 0.15) is 6.33 Å². The number of hydrogen-bond donors (Lipinski definition) is 0. The summed E-state index contributed by atoms with van der Waals surface area (Å²) in [4.78, 5) is 15.5. The molecule has 4 nitrogen and oxygen atoms in total. The zero-order valence-electron chi connectivity index (χ0n) is 10.2. The van der Waals surface area contributed by atoms with E-state index in [-0.39, 0.29) is 5.69 Å². The molecule has 1 aromatic heterocycles. The van der Waals surface area contributed by atoms with Crippen LogP contribution < -0.4 is 0 Å². The van der Waals surface area contributed by atoms with Crippen LogP contribution in [-0.2, 0) is 4.74 Å². The summed E-state index contributed by atoms with van der Waals surface area (Å²) >= 11 is 6.06. The normalized spacial score (nSPS) is 10.4. The number of aromatic nitrogens is 2. The number of halogens is 1. The van der Waals surface area contributed by atoms with E-state index in [9.17, 15) is 4.79 Å². The van der Waals surface area contributed by atoms with Crippen molar-refractivity contribution in [2.24, 2.45) is 0 Å². The van der Waals surface area contributed by atoms with Crippen LogP contribution in [0, 0.1) is 6.92 Å². The molecule has 2 rings (SSSR count). The van der Waals surface area contributed by atoms with E-state index in [2.05, 4.69) is 4.98 Å². The number of benzene rings is 1. The van der Waals surface area contributed by atoms with Gasteiger partial charge in [-0.15, -0.1) is 0 Å². The largest absolute Gasteiger partial charge is 0.461 e. The first-order chi connectivity index (χ1) is 8.61. The molecule has 0 aliphatic carbocycles. The number of rotatable bonds is 3. The lowest BCUT2D eigenvalue weighted by molar-refractivity contribution is 0.0520. The van der Waals surface area contributed by atoms with Gasteiger partial charge in [-0.25, -0.2) is 9.78 Å². The van der Waals surface area contributed by atoms with E-state index in [1.165, 1.54) is 0 Å². The fourth-order valence-corrected chi connectivity index (χ4v) is 1.69. The van der Waals surface area contributed by atoms with Crippen molar-refractivity contribution in [3.63, 3.8) is 0 Å². The van der Waals surface area contributed by atoms with Gasteiger partial charge in [0.05, 0.1) is 6.61 Å². The van der Waals surface area contributed by atoms with Crippen molar-refractivity contribution in [1.82, 2.24) is 9.55 Å². The van der Waals surface area contributed by atoms with Crippen LogP contribution in [0.2, 0.25) is 5.02 Å². The molecule has 0 saturated carbocycles. The maximum atomic E-state index is 11.5. The van der Waals surface area contributed by atoms with Gasteiger partial charge in [0.2, 0.25) is 0 Å². The Morgan fingerprint density at radius 2 is 2.28 bits per heavy atom. The monoisotopic (exact) mass is 264 g/mol. The molecule has 0 spiro atoms. The minimum atomic E-state index is -0.422. The molecular weight excluding hydrogens is 252 g/mol. The van der Waals surface area contributed by atoms with Crippen molar-refractivity contribution >= 4 is 17.6 Å². The third-order valence-corrected chi connectivity index (χ3v) is 2.93. The highest BCUT2D eigenvalue weighted by Gasteiger charge is 2.10. The van der Waals surface area contributed by atoms with Crippen LogP contribution in [0.3, 0.4) is 0 Å². The summed E-state index contributed by atoms with van der Waals surface area (Å²) in [6.45, 7) is 4.03. The quantitative estimate of drug-likeness (QED) is 0.801. The third-order valence-electron chi connectivity index (χ3n) is 2.52. The number of carbonyl (C=O) groups excluding carboxylic acids is 1. The van der Waals surface area contributed by atoms with Crippen molar-refractivity contribution in [2.75, 3.05) is 6.61 Å². The zero-order chi connectivity index (χ0) is 13.1. The smallest absolute Gasteiger partial charge is 0.358 e. The van der Waals surface area contributed by atoms with Gasteiger partial charge in [-0.1, -0.05) is 17.7 Å². The Labute approximate surface area is 110 Å². The van der Waals surface area contributed by atoms with Crippen molar-refractivity contribution in [3.8, 4) is 5.69 Å². The number of aryl methyl sites for hydroxylation is 1. The molecule has 5 heteroatoms. The van der Waals surface area contributed by atoms with E-state index in [0.29, 0.717) is 11.6 Å². The van der Waals surface area contributed by atoms with Gasteiger partial charge < -0.3 is 9.30 Å². The fourth-order valence-electron chi connectivity index (χ4n) is 1.52. The van der Waals surface area contributed by atoms with Crippen LogP contribution in [-0.4, -0.2) is 22.1 Å². The molecule has 0 unspecified atom stereocenters. The van der Waals surface area contributed by atoms with Gasteiger partial charge in [0.25, 0.3) is 0 Å². The summed E-state index contributed by atoms with van der Waals surface area (Å²) in [7, 11) is 0. The molecule has 0 saturated heterocycles. The second-order valence-corrected chi connectivity index (χ2v) is 4.23. The molecule has 0 fully saturated rings. The Morgan fingerprint density at radius 3 is 2.94 bits per heavy atom. The maximum Gasteiger partial charge on any atom is 0.358 e. The summed E-state index contributed by atoms with van der Waals surface area (Å²) in [6, 6.07) is 5.66. The van der Waals surface area contributed by atoms with Gasteiger partial charge in [-0.2, -0.15) is 0 Å². The van der Waals surface area contributed by atoms with Crippen LogP contribution in [0.4, 0.5) is 0 Å². The lowest BCUT2D eigenvalue weighted by Crippen LogP contribution is -2.04. The first-order valence-corrected chi connectivity index (χ1v) is 5.97. The molecule has 1 heterocycles. The summed E-state index contributed by atoms with van der Waals surface area (Å²) in [5.41, 5.74) is 2.15. The highest BCUT2D eigenvalue weighted by molar-refractivity contribution is 6.31. The fraction of sp³-hybridized carbons (Fsp3) is 0.231. The standard InChI is InChI=1S/C13H13ClN2O2/c1-3-18-13(17)12-7-16(8-15-12)10-5-4-9(2)11(14)6-10/h4-8H,3H2,1-2H3. The molecule has 0 atom stereocenters. The number of hydrogen-bond acceptors (Lipinski definition) is 3. The second kappa shape index (κ2) is 5.23. The Bertz CT molecular complexity index is 578. The van der Waals surface area contributed by atoms with Crippen molar-refractivity contribution in [1.29, 1.82) is 0 Å². The van der Waals surface area contributed by atoms with Gasteiger partial charge in [0, 0.05) is 16.9 Å². The van der Waals surface area contributed by atoms with E-state index >= 15 is 0 Å². The van der Waals surface area contributed by atoms with Gasteiger partial charge in [-0.3, -0.25) is 0 Å². The molecule has 0 bridgehead atoms. The van der Waals surface area contributed by atoms with Crippen LogP contribution in [0.5, 0.6) is 0 Å². The van der Waals surface area contributed by atoms with Crippen molar-refractivity contribution in [3.05, 3.63) is 47.0 Å². The zero-order valence-corrected chi connectivity index (χ0v) is 10.9. The lowest BCUT2D eigenvalue weighted by atomic mass is 10.2. The highest BCUT2D eigenvalue weighted by atomic mass is 35.5. The molecule has 18 heavy (non-hydrogen) atoms. The summed E-state index contributed by atoms with van der Waals surface area (Å²) in [5.74, 6) is -0.422. The number of imidazole rings is 1. The minimum Gasteiger partial charge on any atom is -0.461 e. The first-order valence-electron chi connectivity index (χ1n) is 5.59. The summed E-state index contributed by atoms with van der Waals surface area (Å²) in [5, 5.41) is 0.680. The molecule has 0 N–H and O–H groups in total. The molecule has 0 aliphatic heterocycles. The molecule has 0 radical (unpaired) electrons. The van der Waals surface area contributed by atoms with Crippen molar-refractivity contribution < 1.29 is 9.53 Å². The topological polar surface area (TPSA) is 44.1 Å². The van der Waals surface area contributed by atoms with E-state index in [0.717, 1.165) is 11.3 Å². The number of nitrogens with zero attached hydrogens (tertiary/aromatic N) is 2. The Kier molecular flexibility index (Phi) is 3.67. The Hall–Kier alpha value is -1.81. The number of carbonyl (C=O) groups is 1. The van der Waals surface area contributed by atoms with Gasteiger partial charge in [-0.05, 0) is 31.5 Å². The summed E-state index contributed by atoms with van der Waals surface area (Å²) in [6.07, 6.45) is 3.19. The number of ether oxygens (including phenoxy) is 1. The van der Waals surface area contributed by atoms with E-state index < -0.39 is 5.97 Å². The third kappa shape index (κ3) is 2.54. The Morgan fingerprint density at radius 1 is 1.50 bits per heavy atom. The van der Waals surface area contributed by atoms with Crippen LogP contribution >= 0.6 is 11.6 Å². The predicted octanol–water partition coefficient (Wildman–Crippen LogP) is 3.01. The van der Waals surface area contributed by atoms with E-state index in [1.807, 2.05) is 25.1 Å². The average molecular weight is 265 g/mol. The van der Waals surface area contributed by atoms with E-state index in [4.69, 9.17) is 16.3 Å². The molecule has 1 aromatic carbocycles. The van der Waals surface area contributed by atoms with Crippen LogP contribution in [0.25, 0.3) is 5.69 Å². The lowest BCUT2D eigenvalue weighted by Gasteiger charge is -2.04. The first kappa shape index (κ1) is 12.6. The minimum absolute atomic E-state index is 0.286.